The zero-order valence-electron chi connectivity index (χ0n) is 10.5. The Hall–Kier alpha value is -2.57. The Morgan fingerprint density at radius 3 is 2.53 bits per heavy atom. The molecular weight excluding hydrogens is 252 g/mol. The van der Waals surface area contributed by atoms with E-state index in [4.69, 9.17) is 0 Å². The van der Waals surface area contributed by atoms with E-state index in [9.17, 15) is 14.7 Å². The number of esters is 2. The molecule has 0 unspecified atom stereocenters. The molecule has 0 aliphatic heterocycles. The molecule has 7 heteroatoms. The van der Waals surface area contributed by atoms with Gasteiger partial charge in [-0.15, -0.1) is 0 Å². The van der Waals surface area contributed by atoms with E-state index in [1.54, 1.807) is 6.07 Å². The lowest BCUT2D eigenvalue weighted by atomic mass is 10.2. The number of carbonyl (C=O) groups excluding carboxylic acids is 2. The van der Waals surface area contributed by atoms with Crippen LogP contribution in [0.25, 0.3) is 0 Å². The van der Waals surface area contributed by atoms with E-state index in [0.29, 0.717) is 0 Å². The van der Waals surface area contributed by atoms with Crippen LogP contribution in [0.5, 0.6) is 5.75 Å². The number of hydrogen-bond donors (Lipinski definition) is 2. The van der Waals surface area contributed by atoms with Gasteiger partial charge in [-0.05, 0) is 18.2 Å². The van der Waals surface area contributed by atoms with E-state index in [-0.39, 0.29) is 23.7 Å². The van der Waals surface area contributed by atoms with Crippen LogP contribution in [0, 0.1) is 0 Å². The summed E-state index contributed by atoms with van der Waals surface area (Å²) in [5.74, 6) is -1.38. The van der Waals surface area contributed by atoms with Gasteiger partial charge >= 0.3 is 11.9 Å². The van der Waals surface area contributed by atoms with Crippen molar-refractivity contribution in [1.82, 2.24) is 4.98 Å². The molecule has 0 radical (unpaired) electrons. The molecule has 0 saturated carbocycles. The van der Waals surface area contributed by atoms with Crippen molar-refractivity contribution >= 4 is 17.8 Å². The number of anilines is 1. The maximum Gasteiger partial charge on any atom is 0.345 e. The molecule has 0 saturated heterocycles. The lowest BCUT2D eigenvalue weighted by Gasteiger charge is -2.06. The Kier molecular flexibility index (Phi) is 5.34. The van der Waals surface area contributed by atoms with Gasteiger partial charge in [0, 0.05) is 12.7 Å². The zero-order chi connectivity index (χ0) is 14.3. The Morgan fingerprint density at radius 2 is 2.00 bits per heavy atom. The van der Waals surface area contributed by atoms with Gasteiger partial charge in [-0.1, -0.05) is 0 Å². The van der Waals surface area contributed by atoms with Crippen LogP contribution in [-0.2, 0) is 19.1 Å². The Morgan fingerprint density at radius 1 is 1.37 bits per heavy atom. The summed E-state index contributed by atoms with van der Waals surface area (Å²) < 4.78 is 8.92. The van der Waals surface area contributed by atoms with E-state index in [0.717, 1.165) is 14.2 Å². The van der Waals surface area contributed by atoms with E-state index in [2.05, 4.69) is 19.8 Å². The van der Waals surface area contributed by atoms with Crippen LogP contribution in [0.2, 0.25) is 0 Å². The summed E-state index contributed by atoms with van der Waals surface area (Å²) >= 11 is 0. The van der Waals surface area contributed by atoms with Gasteiger partial charge in [0.15, 0.2) is 11.6 Å². The number of aromatic nitrogens is 1. The predicted octanol–water partition coefficient (Wildman–Crippen LogP) is 0.471. The van der Waals surface area contributed by atoms with Gasteiger partial charge in [0.2, 0.25) is 0 Å². The minimum Gasteiger partial charge on any atom is -0.504 e. The van der Waals surface area contributed by atoms with Crippen LogP contribution >= 0.6 is 0 Å². The molecule has 19 heavy (non-hydrogen) atoms. The van der Waals surface area contributed by atoms with Gasteiger partial charge < -0.3 is 19.9 Å². The second-order valence-electron chi connectivity index (χ2n) is 3.35. The van der Waals surface area contributed by atoms with Crippen molar-refractivity contribution in [3.63, 3.8) is 0 Å². The lowest BCUT2D eigenvalue weighted by molar-refractivity contribution is -0.144. The molecule has 0 atom stereocenters. The average molecular weight is 266 g/mol. The zero-order valence-corrected chi connectivity index (χ0v) is 10.5. The number of nitrogens with one attached hydrogen (secondary N) is 1. The van der Waals surface area contributed by atoms with E-state index in [1.807, 2.05) is 0 Å². The molecule has 0 aliphatic rings. The molecular formula is C12H14N2O5. The predicted molar refractivity (Wildman–Crippen MR) is 66.5 cm³/mol. The molecule has 0 amide bonds. The summed E-state index contributed by atoms with van der Waals surface area (Å²) in [7, 11) is 2.33. The van der Waals surface area contributed by atoms with E-state index < -0.39 is 11.9 Å². The molecule has 0 spiro atoms. The normalized spacial score (nSPS) is 9.37. The third-order valence-corrected chi connectivity index (χ3v) is 2.17. The Bertz CT molecular complexity index is 481. The number of ether oxygens (including phenoxy) is 2. The summed E-state index contributed by atoms with van der Waals surface area (Å²) in [6.07, 6.45) is 2.79. The maximum atomic E-state index is 11.3. The fraction of sp³-hybridized carbons (Fsp3) is 0.250. The molecule has 1 aromatic rings. The summed E-state index contributed by atoms with van der Waals surface area (Å²) in [5, 5.41) is 12.2. The SMILES string of the molecule is COC(=O)C(=CCNc1ncccc1O)C(=O)OC. The molecule has 0 aliphatic carbocycles. The standard InChI is InChI=1S/C12H14N2O5/c1-18-11(16)8(12(17)19-2)5-7-14-10-9(15)4-3-6-13-10/h3-6,15H,7H2,1-2H3,(H,13,14). The van der Waals surface area contributed by atoms with Crippen LogP contribution in [0.1, 0.15) is 0 Å². The second kappa shape index (κ2) is 7.00. The number of pyridine rings is 1. The highest BCUT2D eigenvalue weighted by molar-refractivity contribution is 6.14. The van der Waals surface area contributed by atoms with Crippen molar-refractivity contribution in [3.8, 4) is 5.75 Å². The van der Waals surface area contributed by atoms with Gasteiger partial charge in [-0.2, -0.15) is 0 Å². The Labute approximate surface area is 109 Å². The minimum atomic E-state index is -0.793. The average Bonchev–Trinajstić information content (AvgIpc) is 2.44. The van der Waals surface area contributed by atoms with Crippen LogP contribution in [0.4, 0.5) is 5.82 Å². The van der Waals surface area contributed by atoms with Gasteiger partial charge in [-0.25, -0.2) is 14.6 Å². The highest BCUT2D eigenvalue weighted by atomic mass is 16.5. The molecule has 1 aromatic heterocycles. The first-order chi connectivity index (χ1) is 9.10. The molecule has 102 valence electrons. The highest BCUT2D eigenvalue weighted by Crippen LogP contribution is 2.17. The molecule has 0 fully saturated rings. The maximum absolute atomic E-state index is 11.3. The van der Waals surface area contributed by atoms with Crippen LogP contribution < -0.4 is 5.32 Å². The number of methoxy groups -OCH3 is 2. The van der Waals surface area contributed by atoms with Gasteiger partial charge in [0.05, 0.1) is 14.2 Å². The first-order valence-electron chi connectivity index (χ1n) is 5.34. The van der Waals surface area contributed by atoms with Crippen molar-refractivity contribution in [3.05, 3.63) is 30.0 Å². The minimum absolute atomic E-state index is 0.0337. The summed E-state index contributed by atoms with van der Waals surface area (Å²) in [6.45, 7) is 0.101. The van der Waals surface area contributed by atoms with Crippen molar-refractivity contribution < 1.29 is 24.2 Å². The largest absolute Gasteiger partial charge is 0.504 e. The smallest absolute Gasteiger partial charge is 0.345 e. The number of nitrogens with zero attached hydrogens (tertiary/aromatic N) is 1. The third-order valence-electron chi connectivity index (χ3n) is 2.17. The van der Waals surface area contributed by atoms with E-state index in [1.165, 1.54) is 18.3 Å². The molecule has 0 aromatic carbocycles. The van der Waals surface area contributed by atoms with Crippen LogP contribution in [0.3, 0.4) is 0 Å². The summed E-state index contributed by atoms with van der Waals surface area (Å²) in [6, 6.07) is 3.03. The molecule has 2 N–H and O–H groups in total. The Balaban J connectivity index is 2.74. The highest BCUT2D eigenvalue weighted by Gasteiger charge is 2.18. The molecule has 1 heterocycles. The monoisotopic (exact) mass is 266 g/mol. The quantitative estimate of drug-likeness (QED) is 0.346. The van der Waals surface area contributed by atoms with E-state index >= 15 is 0 Å². The van der Waals surface area contributed by atoms with Crippen molar-refractivity contribution in [2.45, 2.75) is 0 Å². The first kappa shape index (κ1) is 14.5. The van der Waals surface area contributed by atoms with Crippen LogP contribution in [0.15, 0.2) is 30.0 Å². The van der Waals surface area contributed by atoms with Gasteiger partial charge in [-0.3, -0.25) is 0 Å². The number of carbonyl (C=O) groups is 2. The summed E-state index contributed by atoms with van der Waals surface area (Å²) in [4.78, 5) is 26.6. The van der Waals surface area contributed by atoms with Crippen molar-refractivity contribution in [1.29, 1.82) is 0 Å². The lowest BCUT2D eigenvalue weighted by Crippen LogP contribution is -2.17. The van der Waals surface area contributed by atoms with Crippen LogP contribution in [-0.4, -0.2) is 42.8 Å². The third kappa shape index (κ3) is 3.98. The number of hydrogen-bond acceptors (Lipinski definition) is 7. The number of aromatic hydroxyl groups is 1. The van der Waals surface area contributed by atoms with Crippen molar-refractivity contribution in [2.24, 2.45) is 0 Å². The summed E-state index contributed by atoms with van der Waals surface area (Å²) in [5.41, 5.74) is -0.229. The fourth-order valence-electron chi connectivity index (χ4n) is 1.25. The van der Waals surface area contributed by atoms with Gasteiger partial charge in [0.25, 0.3) is 0 Å². The second-order valence-corrected chi connectivity index (χ2v) is 3.35. The van der Waals surface area contributed by atoms with Gasteiger partial charge in [0.1, 0.15) is 5.57 Å². The molecule has 0 bridgehead atoms. The topological polar surface area (TPSA) is 97.8 Å². The molecule has 7 nitrogen and oxygen atoms in total. The number of rotatable bonds is 5. The van der Waals surface area contributed by atoms with Crippen molar-refractivity contribution in [2.75, 3.05) is 26.1 Å². The fourth-order valence-corrected chi connectivity index (χ4v) is 1.25. The first-order valence-corrected chi connectivity index (χ1v) is 5.34. The molecule has 1 rings (SSSR count).